The standard InChI is InChI=1S/C15H15N3/c1-8-5-12-7-13-6-9(2)11(4)17-15(13)18-14(12)16-10(8)3/h5-7H,1-4H3. The zero-order chi connectivity index (χ0) is 12.9. The summed E-state index contributed by atoms with van der Waals surface area (Å²) in [4.78, 5) is 13.6. The lowest BCUT2D eigenvalue weighted by atomic mass is 10.1. The number of rotatable bonds is 0. The first-order chi connectivity index (χ1) is 8.54. The highest BCUT2D eigenvalue weighted by Crippen LogP contribution is 2.21. The first-order valence-electron chi connectivity index (χ1n) is 6.07. The molecule has 0 amide bonds. The van der Waals surface area contributed by atoms with Gasteiger partial charge in [0.1, 0.15) is 0 Å². The van der Waals surface area contributed by atoms with Crippen molar-refractivity contribution >= 4 is 22.1 Å². The Balaban J connectivity index is 2.43. The van der Waals surface area contributed by atoms with Crippen LogP contribution in [0.25, 0.3) is 22.1 Å². The third-order valence-corrected chi connectivity index (χ3v) is 3.47. The van der Waals surface area contributed by atoms with Gasteiger partial charge >= 0.3 is 0 Å². The van der Waals surface area contributed by atoms with Crippen molar-refractivity contribution < 1.29 is 0 Å². The van der Waals surface area contributed by atoms with Crippen LogP contribution in [0.15, 0.2) is 18.2 Å². The van der Waals surface area contributed by atoms with E-state index in [1.165, 1.54) is 11.1 Å². The fraction of sp³-hybridized carbons (Fsp3) is 0.267. The number of fused-ring (bicyclic) bond motifs is 2. The third-order valence-electron chi connectivity index (χ3n) is 3.47. The Morgan fingerprint density at radius 2 is 1.06 bits per heavy atom. The van der Waals surface area contributed by atoms with Crippen molar-refractivity contribution in [2.24, 2.45) is 0 Å². The molecule has 0 aromatic carbocycles. The maximum atomic E-state index is 4.56. The van der Waals surface area contributed by atoms with E-state index in [0.717, 1.165) is 33.5 Å². The van der Waals surface area contributed by atoms with Gasteiger partial charge in [-0.2, -0.15) is 0 Å². The van der Waals surface area contributed by atoms with Crippen molar-refractivity contribution in [1.82, 2.24) is 15.0 Å². The summed E-state index contributed by atoms with van der Waals surface area (Å²) in [5.74, 6) is 0. The number of hydrogen-bond donors (Lipinski definition) is 0. The molecule has 0 saturated heterocycles. The molecule has 0 spiro atoms. The molecular formula is C15H15N3. The monoisotopic (exact) mass is 237 g/mol. The van der Waals surface area contributed by atoms with Crippen LogP contribution in [0.3, 0.4) is 0 Å². The second-order valence-corrected chi connectivity index (χ2v) is 4.86. The highest BCUT2D eigenvalue weighted by molar-refractivity contribution is 5.89. The van der Waals surface area contributed by atoms with Crippen molar-refractivity contribution in [3.63, 3.8) is 0 Å². The van der Waals surface area contributed by atoms with E-state index in [1.54, 1.807) is 0 Å². The highest BCUT2D eigenvalue weighted by atomic mass is 14.9. The van der Waals surface area contributed by atoms with Crippen molar-refractivity contribution in [3.8, 4) is 0 Å². The summed E-state index contributed by atoms with van der Waals surface area (Å²) >= 11 is 0. The molecular weight excluding hydrogens is 222 g/mol. The molecule has 0 aliphatic rings. The molecule has 0 fully saturated rings. The van der Waals surface area contributed by atoms with Gasteiger partial charge in [0.15, 0.2) is 11.3 Å². The van der Waals surface area contributed by atoms with E-state index in [2.05, 4.69) is 47.0 Å². The fourth-order valence-electron chi connectivity index (χ4n) is 2.09. The fourth-order valence-corrected chi connectivity index (χ4v) is 2.09. The summed E-state index contributed by atoms with van der Waals surface area (Å²) in [6, 6.07) is 6.40. The van der Waals surface area contributed by atoms with Crippen LogP contribution in [0.1, 0.15) is 22.5 Å². The SMILES string of the molecule is Cc1cc2cc3cc(C)c(C)nc3nc2nc1C. The molecule has 0 unspecified atom stereocenters. The average molecular weight is 237 g/mol. The van der Waals surface area contributed by atoms with Crippen LogP contribution >= 0.6 is 0 Å². The summed E-state index contributed by atoms with van der Waals surface area (Å²) in [6.07, 6.45) is 0. The van der Waals surface area contributed by atoms with Gasteiger partial charge in [-0.15, -0.1) is 0 Å². The lowest BCUT2D eigenvalue weighted by Gasteiger charge is -2.06. The summed E-state index contributed by atoms with van der Waals surface area (Å²) < 4.78 is 0. The number of hydrogen-bond acceptors (Lipinski definition) is 3. The van der Waals surface area contributed by atoms with Gasteiger partial charge in [0, 0.05) is 22.2 Å². The second-order valence-electron chi connectivity index (χ2n) is 4.86. The largest absolute Gasteiger partial charge is 0.233 e. The van der Waals surface area contributed by atoms with E-state index < -0.39 is 0 Å². The first-order valence-corrected chi connectivity index (χ1v) is 6.07. The molecule has 3 heteroatoms. The van der Waals surface area contributed by atoms with E-state index in [9.17, 15) is 0 Å². The van der Waals surface area contributed by atoms with Gasteiger partial charge in [-0.3, -0.25) is 0 Å². The molecule has 0 aliphatic heterocycles. The quantitative estimate of drug-likeness (QED) is 0.562. The summed E-state index contributed by atoms with van der Waals surface area (Å²) in [5.41, 5.74) is 6.00. The van der Waals surface area contributed by atoms with E-state index in [0.29, 0.717) is 0 Å². The predicted molar refractivity (Wildman–Crippen MR) is 73.8 cm³/mol. The number of aryl methyl sites for hydroxylation is 4. The molecule has 0 aliphatic carbocycles. The van der Waals surface area contributed by atoms with E-state index in [1.807, 2.05) is 13.8 Å². The van der Waals surface area contributed by atoms with E-state index >= 15 is 0 Å². The molecule has 3 rings (SSSR count). The molecule has 0 atom stereocenters. The Morgan fingerprint density at radius 1 is 0.611 bits per heavy atom. The Hall–Kier alpha value is -2.03. The Kier molecular flexibility index (Phi) is 2.30. The topological polar surface area (TPSA) is 38.7 Å². The van der Waals surface area contributed by atoms with E-state index in [4.69, 9.17) is 0 Å². The molecule has 90 valence electrons. The number of nitrogens with zero attached hydrogens (tertiary/aromatic N) is 3. The molecule has 3 heterocycles. The van der Waals surface area contributed by atoms with Gasteiger partial charge in [0.2, 0.25) is 0 Å². The van der Waals surface area contributed by atoms with Gasteiger partial charge in [-0.05, 0) is 57.0 Å². The zero-order valence-corrected chi connectivity index (χ0v) is 11.1. The predicted octanol–water partition coefficient (Wildman–Crippen LogP) is 3.41. The van der Waals surface area contributed by atoms with Crippen LogP contribution in [0.4, 0.5) is 0 Å². The Labute approximate surface area is 106 Å². The van der Waals surface area contributed by atoms with Crippen LogP contribution in [0.2, 0.25) is 0 Å². The van der Waals surface area contributed by atoms with Crippen LogP contribution in [-0.2, 0) is 0 Å². The van der Waals surface area contributed by atoms with Gasteiger partial charge in [0.05, 0.1) is 0 Å². The van der Waals surface area contributed by atoms with Crippen LogP contribution in [-0.4, -0.2) is 15.0 Å². The summed E-state index contributed by atoms with van der Waals surface area (Å²) in [6.45, 7) is 8.16. The number of pyridine rings is 3. The molecule has 0 radical (unpaired) electrons. The van der Waals surface area contributed by atoms with Crippen molar-refractivity contribution in [2.75, 3.05) is 0 Å². The molecule has 3 aromatic heterocycles. The zero-order valence-electron chi connectivity index (χ0n) is 11.1. The van der Waals surface area contributed by atoms with Crippen LogP contribution in [0.5, 0.6) is 0 Å². The smallest absolute Gasteiger partial charge is 0.161 e. The lowest BCUT2D eigenvalue weighted by molar-refractivity contribution is 1.14. The molecule has 3 aromatic rings. The maximum Gasteiger partial charge on any atom is 0.161 e. The van der Waals surface area contributed by atoms with Crippen molar-refractivity contribution in [3.05, 3.63) is 40.7 Å². The number of aromatic nitrogens is 3. The molecule has 3 nitrogen and oxygen atoms in total. The molecule has 0 bridgehead atoms. The minimum absolute atomic E-state index is 0.779. The normalized spacial score (nSPS) is 11.3. The minimum Gasteiger partial charge on any atom is -0.233 e. The van der Waals surface area contributed by atoms with Gasteiger partial charge in [0.25, 0.3) is 0 Å². The average Bonchev–Trinajstić information content (AvgIpc) is 2.31. The second kappa shape index (κ2) is 3.73. The highest BCUT2D eigenvalue weighted by Gasteiger charge is 2.06. The lowest BCUT2D eigenvalue weighted by Crippen LogP contribution is -1.95. The van der Waals surface area contributed by atoms with Crippen LogP contribution in [0, 0.1) is 27.7 Å². The molecule has 0 saturated carbocycles. The van der Waals surface area contributed by atoms with Gasteiger partial charge in [-0.25, -0.2) is 15.0 Å². The summed E-state index contributed by atoms with van der Waals surface area (Å²) in [7, 11) is 0. The van der Waals surface area contributed by atoms with Gasteiger partial charge < -0.3 is 0 Å². The maximum absolute atomic E-state index is 4.56. The van der Waals surface area contributed by atoms with Crippen molar-refractivity contribution in [1.29, 1.82) is 0 Å². The molecule has 18 heavy (non-hydrogen) atoms. The van der Waals surface area contributed by atoms with E-state index in [-0.39, 0.29) is 0 Å². The summed E-state index contributed by atoms with van der Waals surface area (Å²) in [5, 5.41) is 2.16. The van der Waals surface area contributed by atoms with Crippen LogP contribution < -0.4 is 0 Å². The Bertz CT molecular complexity index is 647. The minimum atomic E-state index is 0.779. The Morgan fingerprint density at radius 3 is 1.50 bits per heavy atom. The van der Waals surface area contributed by atoms with Crippen molar-refractivity contribution in [2.45, 2.75) is 27.7 Å². The third kappa shape index (κ3) is 1.63. The van der Waals surface area contributed by atoms with Gasteiger partial charge in [-0.1, -0.05) is 0 Å². The molecule has 0 N–H and O–H groups in total. The first kappa shape index (κ1) is 11.1.